The Labute approximate surface area is 112 Å². The van der Waals surface area contributed by atoms with Crippen LogP contribution in [0.15, 0.2) is 42.5 Å². The van der Waals surface area contributed by atoms with Crippen LogP contribution in [0, 0.1) is 0 Å². The monoisotopic (exact) mass is 252 g/mol. The van der Waals surface area contributed by atoms with Crippen LogP contribution in [0.2, 0.25) is 0 Å². The van der Waals surface area contributed by atoms with E-state index in [9.17, 15) is 0 Å². The lowest BCUT2D eigenvalue weighted by atomic mass is 10.1. The van der Waals surface area contributed by atoms with Crippen LogP contribution in [0.5, 0.6) is 5.75 Å². The molecule has 96 valence electrons. The first-order valence-corrected chi connectivity index (χ1v) is 6.44. The number of methoxy groups -OCH3 is 1. The molecule has 3 heteroatoms. The molecule has 0 aliphatic heterocycles. The molecular formula is C16H16N2O. The standard InChI is InChI=1S/C16H16N2O/c1-3-11-10-12(8-9-15(11)19-2)16-17-13-6-4-5-7-14(13)18-16/h4-10H,3H2,1-2H3,(H,17,18). The molecule has 3 aromatic rings. The van der Waals surface area contributed by atoms with Crippen molar-refractivity contribution in [3.05, 3.63) is 48.0 Å². The van der Waals surface area contributed by atoms with Gasteiger partial charge in [0.2, 0.25) is 0 Å². The molecule has 1 N–H and O–H groups in total. The molecule has 19 heavy (non-hydrogen) atoms. The molecule has 0 radical (unpaired) electrons. The van der Waals surface area contributed by atoms with Crippen LogP contribution >= 0.6 is 0 Å². The lowest BCUT2D eigenvalue weighted by molar-refractivity contribution is 0.410. The van der Waals surface area contributed by atoms with Crippen molar-refractivity contribution >= 4 is 11.0 Å². The van der Waals surface area contributed by atoms with Crippen molar-refractivity contribution < 1.29 is 4.74 Å². The maximum atomic E-state index is 5.36. The highest BCUT2D eigenvalue weighted by atomic mass is 16.5. The van der Waals surface area contributed by atoms with E-state index in [1.165, 1.54) is 5.56 Å². The lowest BCUT2D eigenvalue weighted by Crippen LogP contribution is -1.91. The Morgan fingerprint density at radius 3 is 2.74 bits per heavy atom. The third-order valence-corrected chi connectivity index (χ3v) is 3.32. The molecule has 1 heterocycles. The number of aryl methyl sites for hydroxylation is 1. The number of hydrogen-bond acceptors (Lipinski definition) is 2. The molecule has 0 atom stereocenters. The van der Waals surface area contributed by atoms with Gasteiger partial charge < -0.3 is 9.72 Å². The van der Waals surface area contributed by atoms with Crippen molar-refractivity contribution in [1.29, 1.82) is 0 Å². The molecule has 0 aliphatic carbocycles. The van der Waals surface area contributed by atoms with Gasteiger partial charge in [-0.3, -0.25) is 0 Å². The maximum absolute atomic E-state index is 5.36. The number of hydrogen-bond donors (Lipinski definition) is 1. The molecule has 0 fully saturated rings. The summed E-state index contributed by atoms with van der Waals surface area (Å²) in [6.07, 6.45) is 0.942. The van der Waals surface area contributed by atoms with Gasteiger partial charge in [0.25, 0.3) is 0 Å². The zero-order valence-corrected chi connectivity index (χ0v) is 11.1. The van der Waals surface area contributed by atoms with Gasteiger partial charge in [-0.1, -0.05) is 19.1 Å². The zero-order chi connectivity index (χ0) is 13.2. The number of H-pyrrole nitrogens is 1. The fourth-order valence-electron chi connectivity index (χ4n) is 2.29. The molecule has 2 aromatic carbocycles. The van der Waals surface area contributed by atoms with Crippen LogP contribution < -0.4 is 4.74 Å². The second-order valence-electron chi connectivity index (χ2n) is 4.48. The molecule has 0 unspecified atom stereocenters. The number of nitrogens with zero attached hydrogens (tertiary/aromatic N) is 1. The zero-order valence-electron chi connectivity index (χ0n) is 11.1. The normalized spacial score (nSPS) is 10.8. The van der Waals surface area contributed by atoms with E-state index < -0.39 is 0 Å². The van der Waals surface area contributed by atoms with Crippen molar-refractivity contribution in [2.24, 2.45) is 0 Å². The highest BCUT2D eigenvalue weighted by molar-refractivity contribution is 5.79. The third kappa shape index (κ3) is 2.08. The summed E-state index contributed by atoms with van der Waals surface area (Å²) in [5, 5.41) is 0. The van der Waals surface area contributed by atoms with Crippen LogP contribution in [0.1, 0.15) is 12.5 Å². The van der Waals surface area contributed by atoms with Crippen LogP contribution in [0.3, 0.4) is 0 Å². The van der Waals surface area contributed by atoms with Crippen molar-refractivity contribution in [2.45, 2.75) is 13.3 Å². The van der Waals surface area contributed by atoms with Gasteiger partial charge >= 0.3 is 0 Å². The average molecular weight is 252 g/mol. The smallest absolute Gasteiger partial charge is 0.138 e. The minimum absolute atomic E-state index is 0.901. The first-order valence-electron chi connectivity index (χ1n) is 6.44. The van der Waals surface area contributed by atoms with E-state index >= 15 is 0 Å². The Balaban J connectivity index is 2.10. The summed E-state index contributed by atoms with van der Waals surface area (Å²) in [6.45, 7) is 2.13. The van der Waals surface area contributed by atoms with E-state index in [0.29, 0.717) is 0 Å². The molecule has 1 aromatic heterocycles. The highest BCUT2D eigenvalue weighted by Crippen LogP contribution is 2.26. The van der Waals surface area contributed by atoms with Gasteiger partial charge in [-0.25, -0.2) is 4.98 Å². The summed E-state index contributed by atoms with van der Waals surface area (Å²) in [5.41, 5.74) is 4.34. The number of ether oxygens (including phenoxy) is 1. The van der Waals surface area contributed by atoms with Gasteiger partial charge in [-0.15, -0.1) is 0 Å². The van der Waals surface area contributed by atoms with Crippen molar-refractivity contribution in [2.75, 3.05) is 7.11 Å². The number of aromatic amines is 1. The molecule has 0 spiro atoms. The number of nitrogens with one attached hydrogen (secondary N) is 1. The predicted octanol–water partition coefficient (Wildman–Crippen LogP) is 3.80. The van der Waals surface area contributed by atoms with Gasteiger partial charge in [-0.05, 0) is 42.3 Å². The van der Waals surface area contributed by atoms with E-state index in [1.807, 2.05) is 36.4 Å². The highest BCUT2D eigenvalue weighted by Gasteiger charge is 2.08. The molecule has 0 saturated carbocycles. The molecule has 0 amide bonds. The minimum Gasteiger partial charge on any atom is -0.496 e. The Morgan fingerprint density at radius 1 is 1.16 bits per heavy atom. The summed E-state index contributed by atoms with van der Waals surface area (Å²) >= 11 is 0. The van der Waals surface area contributed by atoms with Crippen LogP contribution in [0.25, 0.3) is 22.4 Å². The largest absolute Gasteiger partial charge is 0.496 e. The molecule has 0 saturated heterocycles. The first-order chi connectivity index (χ1) is 9.31. The predicted molar refractivity (Wildman–Crippen MR) is 77.5 cm³/mol. The summed E-state index contributed by atoms with van der Waals surface area (Å²) < 4.78 is 5.36. The SMILES string of the molecule is CCc1cc(-c2nc3ccccc3[nH]2)ccc1OC. The second-order valence-corrected chi connectivity index (χ2v) is 4.48. The fourth-order valence-corrected chi connectivity index (χ4v) is 2.29. The number of fused-ring (bicyclic) bond motifs is 1. The molecular weight excluding hydrogens is 236 g/mol. The minimum atomic E-state index is 0.901. The van der Waals surface area contributed by atoms with Crippen molar-refractivity contribution in [3.8, 4) is 17.1 Å². The Kier molecular flexibility index (Phi) is 2.95. The Morgan fingerprint density at radius 2 is 2.00 bits per heavy atom. The van der Waals surface area contributed by atoms with E-state index in [0.717, 1.165) is 34.6 Å². The summed E-state index contributed by atoms with van der Waals surface area (Å²) in [5.74, 6) is 1.83. The van der Waals surface area contributed by atoms with Crippen LogP contribution in [0.4, 0.5) is 0 Å². The summed E-state index contributed by atoms with van der Waals surface area (Å²) in [7, 11) is 1.70. The first kappa shape index (κ1) is 11.8. The van der Waals surface area contributed by atoms with Gasteiger partial charge in [0.15, 0.2) is 0 Å². The fraction of sp³-hybridized carbons (Fsp3) is 0.188. The Hall–Kier alpha value is -2.29. The lowest BCUT2D eigenvalue weighted by Gasteiger charge is -2.07. The summed E-state index contributed by atoms with van der Waals surface area (Å²) in [6, 6.07) is 14.2. The molecule has 0 aliphatic rings. The van der Waals surface area contributed by atoms with E-state index in [2.05, 4.69) is 23.0 Å². The Bertz CT molecular complexity index is 683. The average Bonchev–Trinajstić information content (AvgIpc) is 2.90. The van der Waals surface area contributed by atoms with Crippen molar-refractivity contribution in [3.63, 3.8) is 0 Å². The number of benzene rings is 2. The molecule has 3 nitrogen and oxygen atoms in total. The van der Waals surface area contributed by atoms with Crippen LogP contribution in [-0.4, -0.2) is 17.1 Å². The second kappa shape index (κ2) is 4.76. The number of aromatic nitrogens is 2. The van der Waals surface area contributed by atoms with Gasteiger partial charge in [0, 0.05) is 5.56 Å². The quantitative estimate of drug-likeness (QED) is 0.770. The van der Waals surface area contributed by atoms with Crippen LogP contribution in [-0.2, 0) is 6.42 Å². The summed E-state index contributed by atoms with van der Waals surface area (Å²) in [4.78, 5) is 7.97. The van der Waals surface area contributed by atoms with Crippen molar-refractivity contribution in [1.82, 2.24) is 9.97 Å². The van der Waals surface area contributed by atoms with E-state index in [1.54, 1.807) is 7.11 Å². The topological polar surface area (TPSA) is 37.9 Å². The van der Waals surface area contributed by atoms with Gasteiger partial charge in [0.05, 0.1) is 18.1 Å². The molecule has 3 rings (SSSR count). The van der Waals surface area contributed by atoms with E-state index in [-0.39, 0.29) is 0 Å². The van der Waals surface area contributed by atoms with Gasteiger partial charge in [-0.2, -0.15) is 0 Å². The third-order valence-electron chi connectivity index (χ3n) is 3.32. The number of para-hydroxylation sites is 2. The molecule has 0 bridgehead atoms. The van der Waals surface area contributed by atoms with Gasteiger partial charge in [0.1, 0.15) is 11.6 Å². The number of imidazole rings is 1. The van der Waals surface area contributed by atoms with E-state index in [4.69, 9.17) is 4.74 Å². The number of rotatable bonds is 3. The maximum Gasteiger partial charge on any atom is 0.138 e.